The number of rotatable bonds is 8. The van der Waals surface area contributed by atoms with E-state index in [2.05, 4.69) is 20.8 Å². The van der Waals surface area contributed by atoms with E-state index in [1.165, 1.54) is 4.57 Å². The first kappa shape index (κ1) is 23.1. The molecule has 6 N–H and O–H groups in total. The number of amidine groups is 1. The minimum absolute atomic E-state index is 0.00821. The second-order valence-electron chi connectivity index (χ2n) is 7.27. The average Bonchev–Trinajstić information content (AvgIpc) is 2.78. The Hall–Kier alpha value is -3.56. The van der Waals surface area contributed by atoms with Gasteiger partial charge < -0.3 is 21.3 Å². The molecule has 0 aliphatic heterocycles. The lowest BCUT2D eigenvalue weighted by Gasteiger charge is -2.13. The lowest BCUT2D eigenvalue weighted by molar-refractivity contribution is 0.242. The molecule has 0 aliphatic rings. The standard InChI is InChI=1S/C22H26ClN7O2/c1-14(2)32-19-9-6-16(13-18(19)23)27-21-22(31)30(12-11-26-21)17-7-3-15(4-8-17)5-10-20(28-24)29-25/h3-4,6-9,11-14H,5,10,24-25H2,1-2H3,(H,26,27)(H,28,29). The fourth-order valence-electron chi connectivity index (χ4n) is 3.03. The van der Waals surface area contributed by atoms with Gasteiger partial charge in [0.15, 0.2) is 5.82 Å². The van der Waals surface area contributed by atoms with Crippen LogP contribution in [0, 0.1) is 0 Å². The van der Waals surface area contributed by atoms with Crippen LogP contribution in [0.3, 0.4) is 0 Å². The lowest BCUT2D eigenvalue weighted by Crippen LogP contribution is -2.31. The highest BCUT2D eigenvalue weighted by Crippen LogP contribution is 2.29. The first-order valence-corrected chi connectivity index (χ1v) is 10.4. The fourth-order valence-corrected chi connectivity index (χ4v) is 3.25. The van der Waals surface area contributed by atoms with Gasteiger partial charge >= 0.3 is 0 Å². The Morgan fingerprint density at radius 2 is 2.00 bits per heavy atom. The van der Waals surface area contributed by atoms with Gasteiger partial charge in [-0.25, -0.2) is 10.8 Å². The summed E-state index contributed by atoms with van der Waals surface area (Å²) in [5.41, 5.74) is 4.58. The van der Waals surface area contributed by atoms with Gasteiger partial charge in [-0.15, -0.1) is 0 Å². The predicted molar refractivity (Wildman–Crippen MR) is 128 cm³/mol. The molecule has 0 saturated heterocycles. The smallest absolute Gasteiger partial charge is 0.298 e. The van der Waals surface area contributed by atoms with E-state index in [4.69, 9.17) is 28.0 Å². The van der Waals surface area contributed by atoms with Gasteiger partial charge in [0.05, 0.1) is 11.1 Å². The van der Waals surface area contributed by atoms with Crippen molar-refractivity contribution >= 4 is 28.9 Å². The third-order valence-electron chi connectivity index (χ3n) is 4.59. The Balaban J connectivity index is 1.77. The number of nitrogens with one attached hydrogen (secondary N) is 2. The Bertz CT molecular complexity index is 1140. The number of halogens is 1. The van der Waals surface area contributed by atoms with Crippen LogP contribution in [0.4, 0.5) is 11.5 Å². The molecular formula is C22H26ClN7O2. The quantitative estimate of drug-likeness (QED) is 0.177. The number of hydrogen-bond acceptors (Lipinski definition) is 7. The zero-order chi connectivity index (χ0) is 23.1. The third-order valence-corrected chi connectivity index (χ3v) is 4.88. The summed E-state index contributed by atoms with van der Waals surface area (Å²) in [4.78, 5) is 17.2. The van der Waals surface area contributed by atoms with Crippen molar-refractivity contribution in [1.82, 2.24) is 15.0 Å². The topological polar surface area (TPSA) is 133 Å². The number of ether oxygens (including phenoxy) is 1. The maximum absolute atomic E-state index is 13.0. The number of hydrogen-bond donors (Lipinski definition) is 4. The van der Waals surface area contributed by atoms with E-state index >= 15 is 0 Å². The highest BCUT2D eigenvalue weighted by molar-refractivity contribution is 6.32. The van der Waals surface area contributed by atoms with Crippen LogP contribution in [0.1, 0.15) is 25.8 Å². The molecule has 0 aliphatic carbocycles. The number of anilines is 2. The number of aromatic nitrogens is 2. The van der Waals surface area contributed by atoms with Gasteiger partial charge in [-0.1, -0.05) is 23.7 Å². The van der Waals surface area contributed by atoms with E-state index in [9.17, 15) is 4.79 Å². The van der Waals surface area contributed by atoms with E-state index in [1.807, 2.05) is 38.1 Å². The van der Waals surface area contributed by atoms with Gasteiger partial charge in [-0.05, 0) is 56.2 Å². The largest absolute Gasteiger partial charge is 0.489 e. The van der Waals surface area contributed by atoms with Crippen LogP contribution in [0.5, 0.6) is 5.75 Å². The molecule has 0 fully saturated rings. The maximum atomic E-state index is 13.0. The zero-order valence-electron chi connectivity index (χ0n) is 17.9. The molecule has 1 aromatic heterocycles. The molecule has 9 nitrogen and oxygen atoms in total. The normalized spacial score (nSPS) is 11.5. The van der Waals surface area contributed by atoms with Crippen LogP contribution in [0.2, 0.25) is 5.02 Å². The predicted octanol–water partition coefficient (Wildman–Crippen LogP) is 3.08. The number of aryl methyl sites for hydroxylation is 1. The Morgan fingerprint density at radius 1 is 1.25 bits per heavy atom. The molecule has 0 radical (unpaired) electrons. The second-order valence-corrected chi connectivity index (χ2v) is 7.68. The first-order chi connectivity index (χ1) is 15.4. The maximum Gasteiger partial charge on any atom is 0.298 e. The molecule has 0 atom stereocenters. The van der Waals surface area contributed by atoms with Crippen LogP contribution < -0.4 is 32.7 Å². The van der Waals surface area contributed by atoms with Crippen molar-refractivity contribution in [3.05, 3.63) is 75.8 Å². The molecule has 3 aromatic rings. The number of hydrazone groups is 1. The Labute approximate surface area is 191 Å². The van der Waals surface area contributed by atoms with Crippen LogP contribution in [0.25, 0.3) is 5.69 Å². The number of hydrazine groups is 1. The molecule has 0 bridgehead atoms. The third kappa shape index (κ3) is 5.77. The van der Waals surface area contributed by atoms with E-state index in [1.54, 1.807) is 30.6 Å². The molecule has 10 heteroatoms. The Morgan fingerprint density at radius 3 is 2.62 bits per heavy atom. The zero-order valence-corrected chi connectivity index (χ0v) is 18.6. The highest BCUT2D eigenvalue weighted by atomic mass is 35.5. The van der Waals surface area contributed by atoms with Gasteiger partial charge in [0.2, 0.25) is 0 Å². The minimum Gasteiger partial charge on any atom is -0.489 e. The second kappa shape index (κ2) is 10.7. The van der Waals surface area contributed by atoms with Crippen LogP contribution >= 0.6 is 11.6 Å². The van der Waals surface area contributed by atoms with Gasteiger partial charge in [0.25, 0.3) is 5.56 Å². The van der Waals surface area contributed by atoms with Crippen molar-refractivity contribution in [3.8, 4) is 11.4 Å². The molecule has 0 unspecified atom stereocenters. The molecule has 168 valence electrons. The van der Waals surface area contributed by atoms with Crippen LogP contribution in [-0.2, 0) is 6.42 Å². The van der Waals surface area contributed by atoms with E-state index < -0.39 is 0 Å². The molecule has 3 rings (SSSR count). The molecule has 1 heterocycles. The summed E-state index contributed by atoms with van der Waals surface area (Å²) in [6.07, 6.45) is 4.47. The summed E-state index contributed by atoms with van der Waals surface area (Å²) < 4.78 is 7.16. The molecular weight excluding hydrogens is 430 g/mol. The molecule has 0 amide bonds. The monoisotopic (exact) mass is 455 g/mol. The molecule has 0 saturated carbocycles. The summed E-state index contributed by atoms with van der Waals surface area (Å²) in [5, 5.41) is 7.05. The SMILES string of the molecule is CC(C)Oc1ccc(Nc2nccn(-c3ccc(CC/C(=N/N)NN)cc3)c2=O)cc1Cl. The summed E-state index contributed by atoms with van der Waals surface area (Å²) in [6.45, 7) is 3.85. The molecule has 32 heavy (non-hydrogen) atoms. The lowest BCUT2D eigenvalue weighted by atomic mass is 10.1. The number of nitrogens with two attached hydrogens (primary N) is 2. The van der Waals surface area contributed by atoms with Gasteiger partial charge in [-0.2, -0.15) is 5.10 Å². The highest BCUT2D eigenvalue weighted by Gasteiger charge is 2.10. The van der Waals surface area contributed by atoms with Crippen LogP contribution in [0.15, 0.2) is 64.8 Å². The van der Waals surface area contributed by atoms with Gasteiger partial charge in [0, 0.05) is 30.2 Å². The minimum atomic E-state index is -0.288. The first-order valence-electron chi connectivity index (χ1n) is 10.0. The van der Waals surface area contributed by atoms with Crippen molar-refractivity contribution in [2.45, 2.75) is 32.8 Å². The van der Waals surface area contributed by atoms with Crippen molar-refractivity contribution in [1.29, 1.82) is 0 Å². The van der Waals surface area contributed by atoms with E-state index in [-0.39, 0.29) is 17.5 Å². The van der Waals surface area contributed by atoms with E-state index in [0.29, 0.717) is 40.8 Å². The molecule has 0 spiro atoms. The number of benzene rings is 2. The summed E-state index contributed by atoms with van der Waals surface area (Å²) >= 11 is 6.29. The average molecular weight is 456 g/mol. The van der Waals surface area contributed by atoms with Gasteiger partial charge in [-0.3, -0.25) is 9.36 Å². The van der Waals surface area contributed by atoms with Crippen molar-refractivity contribution < 1.29 is 4.74 Å². The fraction of sp³-hybridized carbons (Fsp3) is 0.227. The van der Waals surface area contributed by atoms with E-state index in [0.717, 1.165) is 5.56 Å². The van der Waals surface area contributed by atoms with Crippen molar-refractivity contribution in [3.63, 3.8) is 0 Å². The number of nitrogens with zero attached hydrogens (tertiary/aromatic N) is 3. The Kier molecular flexibility index (Phi) is 7.69. The van der Waals surface area contributed by atoms with Gasteiger partial charge in [0.1, 0.15) is 11.6 Å². The van der Waals surface area contributed by atoms with Crippen molar-refractivity contribution in [2.24, 2.45) is 16.8 Å². The molecule has 2 aromatic carbocycles. The van der Waals surface area contributed by atoms with Crippen molar-refractivity contribution in [2.75, 3.05) is 5.32 Å². The van der Waals surface area contributed by atoms with Crippen LogP contribution in [-0.4, -0.2) is 21.5 Å². The summed E-state index contributed by atoms with van der Waals surface area (Å²) in [5.74, 6) is 11.9. The summed E-state index contributed by atoms with van der Waals surface area (Å²) in [7, 11) is 0. The summed E-state index contributed by atoms with van der Waals surface area (Å²) in [6, 6.07) is 12.8.